The van der Waals surface area contributed by atoms with Crippen molar-refractivity contribution in [3.8, 4) is 0 Å². The summed E-state index contributed by atoms with van der Waals surface area (Å²) in [6.45, 7) is 13.9. The van der Waals surface area contributed by atoms with Crippen molar-refractivity contribution in [2.45, 2.75) is 118 Å². The van der Waals surface area contributed by atoms with Gasteiger partial charge in [0.2, 0.25) is 0 Å². The first-order valence-electron chi connectivity index (χ1n) is 15.5. The van der Waals surface area contributed by atoms with Gasteiger partial charge in [0.25, 0.3) is 0 Å². The predicted octanol–water partition coefficient (Wildman–Crippen LogP) is 6.29. The summed E-state index contributed by atoms with van der Waals surface area (Å²) in [5.74, 6) is 1.67. The Hall–Kier alpha value is -1.69. The molecule has 4 rings (SSSR count). The molecule has 4 saturated carbocycles. The highest BCUT2D eigenvalue weighted by Gasteiger charge is 2.64. The molecule has 4 aliphatic rings. The number of aliphatic hydroxyl groups excluding tert-OH is 1. The van der Waals surface area contributed by atoms with E-state index in [0.717, 1.165) is 56.9 Å². The van der Waals surface area contributed by atoms with Crippen molar-refractivity contribution in [2.75, 3.05) is 6.61 Å². The normalized spacial score (nSPS) is 41.4. The summed E-state index contributed by atoms with van der Waals surface area (Å²) in [4.78, 5) is 37.7. The Balaban J connectivity index is 1.59. The molecule has 1 N–H and O–H groups in total. The van der Waals surface area contributed by atoms with E-state index < -0.39 is 0 Å². The molecule has 0 saturated heterocycles. The van der Waals surface area contributed by atoms with Gasteiger partial charge in [-0.1, -0.05) is 33.8 Å². The van der Waals surface area contributed by atoms with Crippen molar-refractivity contribution in [1.29, 1.82) is 0 Å². The summed E-state index contributed by atoms with van der Waals surface area (Å²) < 4.78 is 11.7. The van der Waals surface area contributed by atoms with Crippen LogP contribution in [0.25, 0.3) is 0 Å². The smallest absolute Gasteiger partial charge is 0.302 e. The van der Waals surface area contributed by atoms with Crippen LogP contribution in [0.5, 0.6) is 0 Å². The number of esters is 2. The van der Waals surface area contributed by atoms with Crippen LogP contribution in [-0.2, 0) is 23.9 Å². The maximum absolute atomic E-state index is 13.9. The summed E-state index contributed by atoms with van der Waals surface area (Å²) in [6, 6.07) is 0. The fourth-order valence-corrected chi connectivity index (χ4v) is 10.1. The van der Waals surface area contributed by atoms with Crippen LogP contribution in [0, 0.1) is 52.3 Å². The van der Waals surface area contributed by atoms with Crippen LogP contribution in [0.2, 0.25) is 0 Å². The number of rotatable bonds is 8. The maximum Gasteiger partial charge on any atom is 0.302 e. The second kappa shape index (κ2) is 11.7. The lowest BCUT2D eigenvalue weighted by Crippen LogP contribution is -2.54. The van der Waals surface area contributed by atoms with E-state index in [0.29, 0.717) is 30.1 Å². The third-order valence-electron chi connectivity index (χ3n) is 11.9. The van der Waals surface area contributed by atoms with Crippen LogP contribution in [0.4, 0.5) is 0 Å². The number of ketones is 1. The van der Waals surface area contributed by atoms with E-state index >= 15 is 0 Å². The molecule has 0 aliphatic heterocycles. The van der Waals surface area contributed by atoms with Gasteiger partial charge in [-0.15, -0.1) is 0 Å². The molecule has 0 aromatic carbocycles. The lowest BCUT2D eigenvalue weighted by atomic mass is 9.44. The molecule has 0 spiro atoms. The summed E-state index contributed by atoms with van der Waals surface area (Å²) in [5.41, 5.74) is 0.968. The van der Waals surface area contributed by atoms with Crippen LogP contribution in [0.3, 0.4) is 0 Å². The number of hydrogen-bond donors (Lipinski definition) is 1. The average Bonchev–Trinajstić information content (AvgIpc) is 3.17. The second-order valence-electron chi connectivity index (χ2n) is 14.1. The Morgan fingerprint density at radius 1 is 0.923 bits per heavy atom. The summed E-state index contributed by atoms with van der Waals surface area (Å²) in [5, 5.41) is 9.60. The van der Waals surface area contributed by atoms with Crippen LogP contribution >= 0.6 is 0 Å². The molecule has 6 heteroatoms. The Labute approximate surface area is 235 Å². The second-order valence-corrected chi connectivity index (χ2v) is 14.1. The van der Waals surface area contributed by atoms with Gasteiger partial charge in [0, 0.05) is 32.3 Å². The largest absolute Gasteiger partial charge is 0.463 e. The zero-order valence-electron chi connectivity index (χ0n) is 25.3. The number of ether oxygens (including phenoxy) is 2. The van der Waals surface area contributed by atoms with Crippen LogP contribution in [-0.4, -0.2) is 41.6 Å². The van der Waals surface area contributed by atoms with Gasteiger partial charge < -0.3 is 14.6 Å². The van der Waals surface area contributed by atoms with Crippen molar-refractivity contribution in [3.05, 3.63) is 11.6 Å². The fraction of sp³-hybridized carbons (Fsp3) is 0.848. The molecule has 220 valence electrons. The molecular formula is C33H52O6. The van der Waals surface area contributed by atoms with Crippen molar-refractivity contribution >= 4 is 17.7 Å². The van der Waals surface area contributed by atoms with Gasteiger partial charge in [0.15, 0.2) is 5.78 Å². The molecule has 6 nitrogen and oxygen atoms in total. The summed E-state index contributed by atoms with van der Waals surface area (Å²) in [6.07, 6.45) is 10.7. The van der Waals surface area contributed by atoms with Gasteiger partial charge in [-0.3, -0.25) is 14.4 Å². The first kappa shape index (κ1) is 30.3. The molecule has 0 bridgehead atoms. The standard InChI is InChI=1S/C33H52O6/c1-8-23(15-19(2)18-34)31(37)20(3)30-29(39-22(5)36)17-28-26-10-9-24-16-25(38-21(4)35)11-13-32(24,6)27(26)12-14-33(28,30)7/h8,19-20,24-30,34H,9-18H2,1-7H3/b23-8+/t19-,20+,24+,25+,26?,27?,28?,29+,30?,32+,33+/m1/s1. The first-order valence-corrected chi connectivity index (χ1v) is 15.5. The molecule has 0 aromatic heterocycles. The number of aliphatic hydroxyl groups is 1. The van der Waals surface area contributed by atoms with Crippen LogP contribution < -0.4 is 0 Å². The molecule has 39 heavy (non-hydrogen) atoms. The SMILES string of the molecule is C/C=C(\C[C@@H](C)CO)C(=O)[C@@H](C)C1[C@@H](OC(C)=O)CC2C3CC[C@H]4C[C@@H](OC(C)=O)CC[C@]4(C)C3CC[C@@]21C. The number of fused-ring (bicyclic) bond motifs is 5. The molecule has 4 fully saturated rings. The molecule has 0 aromatic rings. The van der Waals surface area contributed by atoms with Gasteiger partial charge in [-0.05, 0) is 111 Å². The highest BCUT2D eigenvalue weighted by atomic mass is 16.5. The summed E-state index contributed by atoms with van der Waals surface area (Å²) in [7, 11) is 0. The fourth-order valence-electron chi connectivity index (χ4n) is 10.1. The number of carbonyl (C=O) groups excluding carboxylic acids is 3. The molecule has 0 radical (unpaired) electrons. The van der Waals surface area contributed by atoms with Crippen LogP contribution in [0.1, 0.15) is 106 Å². The first-order chi connectivity index (χ1) is 18.3. The minimum absolute atomic E-state index is 0.00975. The molecule has 4 aliphatic carbocycles. The summed E-state index contributed by atoms with van der Waals surface area (Å²) >= 11 is 0. The van der Waals surface area contributed by atoms with Gasteiger partial charge in [-0.2, -0.15) is 0 Å². The van der Waals surface area contributed by atoms with Crippen molar-refractivity contribution in [2.24, 2.45) is 52.3 Å². The maximum atomic E-state index is 13.9. The zero-order valence-corrected chi connectivity index (χ0v) is 25.3. The number of hydrogen-bond acceptors (Lipinski definition) is 6. The Morgan fingerprint density at radius 3 is 2.21 bits per heavy atom. The third kappa shape index (κ3) is 5.61. The number of allylic oxidation sites excluding steroid dienone is 2. The van der Waals surface area contributed by atoms with Gasteiger partial charge in [0.05, 0.1) is 0 Å². The minimum atomic E-state index is -0.261. The lowest BCUT2D eigenvalue weighted by Gasteiger charge is -2.61. The quantitative estimate of drug-likeness (QED) is 0.285. The Morgan fingerprint density at radius 2 is 1.59 bits per heavy atom. The lowest BCUT2D eigenvalue weighted by molar-refractivity contribution is -0.161. The van der Waals surface area contributed by atoms with E-state index in [4.69, 9.17) is 9.47 Å². The van der Waals surface area contributed by atoms with Gasteiger partial charge in [0.1, 0.15) is 12.2 Å². The monoisotopic (exact) mass is 544 g/mol. The predicted molar refractivity (Wildman–Crippen MR) is 151 cm³/mol. The van der Waals surface area contributed by atoms with Crippen LogP contribution in [0.15, 0.2) is 11.6 Å². The van der Waals surface area contributed by atoms with Crippen molar-refractivity contribution in [1.82, 2.24) is 0 Å². The average molecular weight is 545 g/mol. The van der Waals surface area contributed by atoms with E-state index in [9.17, 15) is 19.5 Å². The van der Waals surface area contributed by atoms with E-state index in [1.165, 1.54) is 13.8 Å². The highest BCUT2D eigenvalue weighted by Crippen LogP contribution is 2.68. The Bertz CT molecular complexity index is 971. The molecule has 11 atom stereocenters. The Kier molecular flexibility index (Phi) is 9.05. The topological polar surface area (TPSA) is 89.9 Å². The molecule has 0 heterocycles. The van der Waals surface area contributed by atoms with E-state index in [-0.39, 0.29) is 65.1 Å². The van der Waals surface area contributed by atoms with E-state index in [1.54, 1.807) is 0 Å². The molecule has 0 amide bonds. The van der Waals surface area contributed by atoms with Gasteiger partial charge >= 0.3 is 11.9 Å². The van der Waals surface area contributed by atoms with E-state index in [1.807, 2.05) is 26.8 Å². The third-order valence-corrected chi connectivity index (χ3v) is 11.9. The zero-order chi connectivity index (χ0) is 28.7. The number of carbonyl (C=O) groups is 3. The number of Topliss-reactive ketones (excluding diaryl/α,β-unsaturated/α-hetero) is 1. The molecule has 4 unspecified atom stereocenters. The molecular weight excluding hydrogens is 492 g/mol. The minimum Gasteiger partial charge on any atom is -0.463 e. The van der Waals surface area contributed by atoms with Crippen molar-refractivity contribution in [3.63, 3.8) is 0 Å². The van der Waals surface area contributed by atoms with E-state index in [2.05, 4.69) is 13.8 Å². The van der Waals surface area contributed by atoms with Crippen molar-refractivity contribution < 1.29 is 29.0 Å². The van der Waals surface area contributed by atoms with Gasteiger partial charge in [-0.25, -0.2) is 0 Å². The highest BCUT2D eigenvalue weighted by molar-refractivity contribution is 5.97.